The van der Waals surface area contributed by atoms with Crippen molar-refractivity contribution in [2.75, 3.05) is 7.11 Å². The summed E-state index contributed by atoms with van der Waals surface area (Å²) in [6, 6.07) is 2.83. The quantitative estimate of drug-likeness (QED) is 0.406. The smallest absolute Gasteiger partial charge is 0.305 e. The van der Waals surface area contributed by atoms with E-state index in [0.717, 1.165) is 0 Å². The van der Waals surface area contributed by atoms with Crippen LogP contribution in [0.25, 0.3) is 5.57 Å². The SMILES string of the molecule is COc1ccc([N+](=O)[O-])c(/C(=C/O)C(N)CC(=O)O)c1. The maximum atomic E-state index is 11.0. The molecule has 8 nitrogen and oxygen atoms in total. The van der Waals surface area contributed by atoms with E-state index in [2.05, 4.69) is 0 Å². The minimum atomic E-state index is -1.18. The number of aliphatic hydroxyl groups is 1. The third-order valence-corrected chi connectivity index (χ3v) is 2.64. The van der Waals surface area contributed by atoms with Crippen molar-refractivity contribution in [3.05, 3.63) is 40.1 Å². The third kappa shape index (κ3) is 3.45. The van der Waals surface area contributed by atoms with Crippen molar-refractivity contribution >= 4 is 17.2 Å². The Bertz CT molecular complexity index is 555. The number of benzene rings is 1. The van der Waals surface area contributed by atoms with Gasteiger partial charge in [0.2, 0.25) is 0 Å². The summed E-state index contributed by atoms with van der Waals surface area (Å²) in [6.45, 7) is 0. The molecule has 0 aromatic heterocycles. The molecule has 0 saturated carbocycles. The third-order valence-electron chi connectivity index (χ3n) is 2.64. The number of aliphatic hydroxyl groups excluding tert-OH is 1. The first kappa shape index (κ1) is 15.4. The van der Waals surface area contributed by atoms with Crippen LogP contribution in [0, 0.1) is 10.1 Å². The van der Waals surface area contributed by atoms with Crippen molar-refractivity contribution in [1.29, 1.82) is 0 Å². The Hall–Kier alpha value is -2.61. The van der Waals surface area contributed by atoms with Gasteiger partial charge in [-0.25, -0.2) is 0 Å². The minimum Gasteiger partial charge on any atom is -0.515 e. The van der Waals surface area contributed by atoms with Gasteiger partial charge in [-0.05, 0) is 12.1 Å². The lowest BCUT2D eigenvalue weighted by molar-refractivity contribution is -0.385. The highest BCUT2D eigenvalue weighted by Crippen LogP contribution is 2.31. The molecule has 0 fully saturated rings. The summed E-state index contributed by atoms with van der Waals surface area (Å²) in [5.41, 5.74) is 5.33. The summed E-state index contributed by atoms with van der Waals surface area (Å²) < 4.78 is 4.96. The normalized spacial score (nSPS) is 12.8. The Morgan fingerprint density at radius 2 is 2.25 bits per heavy atom. The maximum Gasteiger partial charge on any atom is 0.305 e. The average Bonchev–Trinajstić information content (AvgIpc) is 2.38. The molecule has 1 atom stereocenters. The van der Waals surface area contributed by atoms with Crippen molar-refractivity contribution in [2.24, 2.45) is 5.73 Å². The van der Waals surface area contributed by atoms with Crippen LogP contribution in [0.3, 0.4) is 0 Å². The molecule has 20 heavy (non-hydrogen) atoms. The summed E-state index contributed by atoms with van der Waals surface area (Å²) in [4.78, 5) is 21.0. The van der Waals surface area contributed by atoms with Gasteiger partial charge in [-0.15, -0.1) is 0 Å². The van der Waals surface area contributed by atoms with Crippen molar-refractivity contribution in [2.45, 2.75) is 12.5 Å². The van der Waals surface area contributed by atoms with Crippen LogP contribution in [0.1, 0.15) is 12.0 Å². The number of aliphatic carboxylic acids is 1. The molecule has 0 aliphatic carbocycles. The van der Waals surface area contributed by atoms with Crippen LogP contribution in [0.5, 0.6) is 5.75 Å². The number of carboxylic acids is 1. The van der Waals surface area contributed by atoms with Crippen LogP contribution in [-0.2, 0) is 4.79 Å². The molecule has 0 saturated heterocycles. The highest BCUT2D eigenvalue weighted by atomic mass is 16.6. The summed E-state index contributed by atoms with van der Waals surface area (Å²) in [5.74, 6) is -0.852. The lowest BCUT2D eigenvalue weighted by atomic mass is 9.96. The Kier molecular flexibility index (Phi) is 5.04. The summed E-state index contributed by atoms with van der Waals surface area (Å²) in [7, 11) is 1.38. The number of methoxy groups -OCH3 is 1. The molecule has 1 unspecified atom stereocenters. The second-order valence-electron chi connectivity index (χ2n) is 3.93. The predicted molar refractivity (Wildman–Crippen MR) is 70.5 cm³/mol. The van der Waals surface area contributed by atoms with Gasteiger partial charge in [0.25, 0.3) is 5.69 Å². The molecule has 1 aromatic carbocycles. The summed E-state index contributed by atoms with van der Waals surface area (Å²) >= 11 is 0. The Morgan fingerprint density at radius 1 is 1.60 bits per heavy atom. The van der Waals surface area contributed by atoms with Crippen molar-refractivity contribution in [1.82, 2.24) is 0 Å². The van der Waals surface area contributed by atoms with Gasteiger partial charge in [-0.2, -0.15) is 0 Å². The minimum absolute atomic E-state index is 0.0191. The van der Waals surface area contributed by atoms with Crippen LogP contribution in [0.4, 0.5) is 5.69 Å². The van der Waals surface area contributed by atoms with Crippen LogP contribution < -0.4 is 10.5 Å². The topological polar surface area (TPSA) is 136 Å². The van der Waals surface area contributed by atoms with E-state index >= 15 is 0 Å². The van der Waals surface area contributed by atoms with Gasteiger partial charge >= 0.3 is 5.97 Å². The lowest BCUT2D eigenvalue weighted by Crippen LogP contribution is -2.25. The van der Waals surface area contributed by atoms with E-state index in [1.807, 2.05) is 0 Å². The predicted octanol–water partition coefficient (Wildman–Crippen LogP) is 1.30. The van der Waals surface area contributed by atoms with E-state index in [4.69, 9.17) is 15.6 Å². The zero-order valence-corrected chi connectivity index (χ0v) is 10.6. The maximum absolute atomic E-state index is 11.0. The number of hydrogen-bond acceptors (Lipinski definition) is 6. The van der Waals surface area contributed by atoms with Gasteiger partial charge in [-0.3, -0.25) is 14.9 Å². The fourth-order valence-electron chi connectivity index (χ4n) is 1.70. The fourth-order valence-corrected chi connectivity index (χ4v) is 1.70. The monoisotopic (exact) mass is 282 g/mol. The Morgan fingerprint density at radius 3 is 2.70 bits per heavy atom. The molecule has 1 aromatic rings. The zero-order valence-electron chi connectivity index (χ0n) is 10.6. The average molecular weight is 282 g/mol. The van der Waals surface area contributed by atoms with Gasteiger partial charge in [0.1, 0.15) is 5.75 Å². The zero-order chi connectivity index (χ0) is 15.3. The second-order valence-corrected chi connectivity index (χ2v) is 3.93. The van der Waals surface area contributed by atoms with E-state index in [1.54, 1.807) is 0 Å². The molecule has 0 spiro atoms. The standard InChI is InChI=1S/C12H14N2O6/c1-20-7-2-3-11(14(18)19)8(4-7)9(6-15)10(13)5-12(16)17/h2-4,6,10,15H,5,13H2,1H3,(H,16,17)/b9-6-. The van der Waals surface area contributed by atoms with Crippen LogP contribution >= 0.6 is 0 Å². The number of nitro groups is 1. The molecule has 0 aliphatic heterocycles. The molecule has 108 valence electrons. The first-order chi connectivity index (χ1) is 9.40. The molecular weight excluding hydrogens is 268 g/mol. The molecule has 0 aliphatic rings. The fraction of sp³-hybridized carbons (Fsp3) is 0.250. The Labute approximate surface area is 114 Å². The molecular formula is C12H14N2O6. The van der Waals surface area contributed by atoms with E-state index < -0.39 is 23.4 Å². The van der Waals surface area contributed by atoms with E-state index in [1.165, 1.54) is 25.3 Å². The second kappa shape index (κ2) is 6.53. The molecule has 0 heterocycles. The van der Waals surface area contributed by atoms with Gasteiger partial charge in [0.05, 0.1) is 30.3 Å². The first-order valence-electron chi connectivity index (χ1n) is 5.55. The molecule has 0 radical (unpaired) electrons. The largest absolute Gasteiger partial charge is 0.515 e. The van der Waals surface area contributed by atoms with Crippen LogP contribution in [0.2, 0.25) is 0 Å². The van der Waals surface area contributed by atoms with Crippen LogP contribution in [0.15, 0.2) is 24.5 Å². The summed E-state index contributed by atoms with van der Waals surface area (Å²) in [5, 5.41) is 28.9. The van der Waals surface area contributed by atoms with Crippen molar-refractivity contribution < 1.29 is 24.7 Å². The number of nitrogens with two attached hydrogens (primary N) is 1. The Balaban J connectivity index is 3.32. The van der Waals surface area contributed by atoms with Gasteiger partial charge < -0.3 is 20.7 Å². The summed E-state index contributed by atoms with van der Waals surface area (Å²) in [6.07, 6.45) is 0.107. The number of rotatable bonds is 6. The van der Waals surface area contributed by atoms with Crippen molar-refractivity contribution in [3.8, 4) is 5.75 Å². The molecule has 4 N–H and O–H groups in total. The first-order valence-corrected chi connectivity index (χ1v) is 5.55. The van der Waals surface area contributed by atoms with Crippen LogP contribution in [-0.4, -0.2) is 34.3 Å². The number of carbonyl (C=O) groups is 1. The molecule has 0 amide bonds. The number of hydrogen-bond donors (Lipinski definition) is 3. The highest BCUT2D eigenvalue weighted by Gasteiger charge is 2.24. The molecule has 1 rings (SSSR count). The van der Waals surface area contributed by atoms with Gasteiger partial charge in [0.15, 0.2) is 0 Å². The number of nitrogens with zero attached hydrogens (tertiary/aromatic N) is 1. The van der Waals surface area contributed by atoms with E-state index in [9.17, 15) is 20.0 Å². The van der Waals surface area contributed by atoms with E-state index in [0.29, 0.717) is 12.0 Å². The van der Waals surface area contributed by atoms with Crippen molar-refractivity contribution in [3.63, 3.8) is 0 Å². The molecule has 0 bridgehead atoms. The van der Waals surface area contributed by atoms with Gasteiger partial charge in [0, 0.05) is 17.7 Å². The lowest BCUT2D eigenvalue weighted by Gasteiger charge is -2.14. The molecule has 8 heteroatoms. The number of nitro benzene ring substituents is 1. The number of ether oxygens (including phenoxy) is 1. The van der Waals surface area contributed by atoms with Gasteiger partial charge in [-0.1, -0.05) is 0 Å². The number of carboxylic acid groups (broad SMARTS) is 1. The van der Waals surface area contributed by atoms with E-state index in [-0.39, 0.29) is 16.8 Å². The highest BCUT2D eigenvalue weighted by molar-refractivity contribution is 5.80.